The Morgan fingerprint density at radius 3 is 2.45 bits per heavy atom. The van der Waals surface area contributed by atoms with Crippen LogP contribution >= 0.6 is 0 Å². The summed E-state index contributed by atoms with van der Waals surface area (Å²) in [5.41, 5.74) is 5.31. The van der Waals surface area contributed by atoms with Crippen LogP contribution in [0.3, 0.4) is 0 Å². The lowest BCUT2D eigenvalue weighted by Gasteiger charge is -2.28. The normalized spacial score (nSPS) is 14.2. The first kappa shape index (κ1) is 23.2. The lowest BCUT2D eigenvalue weighted by molar-refractivity contribution is -0.132. The van der Waals surface area contributed by atoms with Crippen LogP contribution in [0.25, 0.3) is 5.69 Å². The van der Waals surface area contributed by atoms with Gasteiger partial charge in [0, 0.05) is 45.1 Å². The van der Waals surface area contributed by atoms with Crippen molar-refractivity contribution in [3.63, 3.8) is 0 Å². The summed E-state index contributed by atoms with van der Waals surface area (Å²) >= 11 is 0. The minimum Gasteiger partial charge on any atom is -0.340 e. The molecule has 0 spiro atoms. The van der Waals surface area contributed by atoms with Crippen molar-refractivity contribution in [3.05, 3.63) is 82.9 Å². The highest BCUT2D eigenvalue weighted by molar-refractivity contribution is 5.76. The summed E-state index contributed by atoms with van der Waals surface area (Å²) < 4.78 is 15.5. The Labute approximate surface area is 195 Å². The van der Waals surface area contributed by atoms with Gasteiger partial charge in [-0.3, -0.25) is 9.69 Å². The van der Waals surface area contributed by atoms with Crippen molar-refractivity contribution in [3.8, 4) is 5.69 Å². The van der Waals surface area contributed by atoms with Crippen LogP contribution in [0.2, 0.25) is 0 Å². The average Bonchev–Trinajstić information content (AvgIpc) is 3.11. The molecule has 2 heterocycles. The standard InChI is InChI=1S/C27H33FN4O/c1-27(2,3)16-26(33)30(4)19-24-23-18-31(17-20-8-6-5-7-9-20)15-14-25(23)32(29-24)22-12-10-21(28)11-13-22/h5-13H,14-19H2,1-4H3. The summed E-state index contributed by atoms with van der Waals surface area (Å²) in [5.74, 6) is -0.147. The number of aromatic nitrogens is 2. The van der Waals surface area contributed by atoms with Gasteiger partial charge in [-0.15, -0.1) is 0 Å². The van der Waals surface area contributed by atoms with Gasteiger partial charge in [0.05, 0.1) is 23.6 Å². The van der Waals surface area contributed by atoms with Crippen molar-refractivity contribution in [2.45, 2.75) is 53.2 Å². The molecule has 0 N–H and O–H groups in total. The number of halogens is 1. The molecule has 1 aliphatic rings. The van der Waals surface area contributed by atoms with E-state index in [1.165, 1.54) is 23.3 Å². The van der Waals surface area contributed by atoms with Gasteiger partial charge in [-0.25, -0.2) is 9.07 Å². The van der Waals surface area contributed by atoms with E-state index in [0.29, 0.717) is 13.0 Å². The fourth-order valence-corrected chi connectivity index (χ4v) is 4.34. The zero-order valence-corrected chi connectivity index (χ0v) is 20.0. The van der Waals surface area contributed by atoms with E-state index in [9.17, 15) is 9.18 Å². The molecule has 0 fully saturated rings. The number of hydrogen-bond donors (Lipinski definition) is 0. The van der Waals surface area contributed by atoms with E-state index >= 15 is 0 Å². The van der Waals surface area contributed by atoms with Crippen molar-refractivity contribution in [1.29, 1.82) is 0 Å². The largest absolute Gasteiger partial charge is 0.340 e. The SMILES string of the molecule is CN(Cc1nn(-c2ccc(F)cc2)c2c1CN(Cc1ccccc1)CC2)C(=O)CC(C)(C)C. The first-order chi connectivity index (χ1) is 15.7. The number of rotatable bonds is 6. The Morgan fingerprint density at radius 1 is 1.09 bits per heavy atom. The van der Waals surface area contributed by atoms with Crippen molar-refractivity contribution >= 4 is 5.91 Å². The monoisotopic (exact) mass is 448 g/mol. The van der Waals surface area contributed by atoms with E-state index in [1.807, 2.05) is 17.8 Å². The van der Waals surface area contributed by atoms with Crippen LogP contribution < -0.4 is 0 Å². The van der Waals surface area contributed by atoms with E-state index < -0.39 is 0 Å². The molecule has 4 rings (SSSR count). The number of nitrogens with zero attached hydrogens (tertiary/aromatic N) is 4. The van der Waals surface area contributed by atoms with Crippen molar-refractivity contribution in [2.75, 3.05) is 13.6 Å². The third-order valence-electron chi connectivity index (χ3n) is 6.03. The number of benzene rings is 2. The van der Waals surface area contributed by atoms with Gasteiger partial charge in [-0.1, -0.05) is 51.1 Å². The second kappa shape index (κ2) is 9.48. The van der Waals surface area contributed by atoms with Crippen LogP contribution in [-0.2, 0) is 30.8 Å². The van der Waals surface area contributed by atoms with E-state index in [4.69, 9.17) is 5.10 Å². The van der Waals surface area contributed by atoms with Crippen LogP contribution in [0.5, 0.6) is 0 Å². The number of fused-ring (bicyclic) bond motifs is 1. The predicted octanol–water partition coefficient (Wildman–Crippen LogP) is 4.96. The molecular formula is C27H33FN4O. The van der Waals surface area contributed by atoms with E-state index in [2.05, 4.69) is 49.9 Å². The van der Waals surface area contributed by atoms with E-state index in [0.717, 1.165) is 43.1 Å². The lowest BCUT2D eigenvalue weighted by Crippen LogP contribution is -2.32. The summed E-state index contributed by atoms with van der Waals surface area (Å²) in [5, 5.41) is 4.93. The van der Waals surface area contributed by atoms with Crippen LogP contribution in [0.1, 0.15) is 49.7 Å². The topological polar surface area (TPSA) is 41.4 Å². The number of carbonyl (C=O) groups excluding carboxylic acids is 1. The van der Waals surface area contributed by atoms with Gasteiger partial charge in [0.25, 0.3) is 0 Å². The fourth-order valence-electron chi connectivity index (χ4n) is 4.34. The molecule has 0 atom stereocenters. The molecule has 6 heteroatoms. The molecule has 5 nitrogen and oxygen atoms in total. The zero-order valence-electron chi connectivity index (χ0n) is 20.0. The summed E-state index contributed by atoms with van der Waals surface area (Å²) in [4.78, 5) is 17.0. The van der Waals surface area contributed by atoms with Gasteiger partial charge < -0.3 is 4.90 Å². The summed E-state index contributed by atoms with van der Waals surface area (Å²) in [6.45, 7) is 9.27. The maximum Gasteiger partial charge on any atom is 0.223 e. The molecule has 1 amide bonds. The highest BCUT2D eigenvalue weighted by Crippen LogP contribution is 2.28. The van der Waals surface area contributed by atoms with Crippen LogP contribution in [0.15, 0.2) is 54.6 Å². The molecule has 3 aromatic rings. The smallest absolute Gasteiger partial charge is 0.223 e. The molecule has 33 heavy (non-hydrogen) atoms. The van der Waals surface area contributed by atoms with Crippen molar-refractivity contribution in [2.24, 2.45) is 5.41 Å². The zero-order chi connectivity index (χ0) is 23.6. The van der Waals surface area contributed by atoms with E-state index in [1.54, 1.807) is 17.0 Å². The highest BCUT2D eigenvalue weighted by atomic mass is 19.1. The molecule has 0 aliphatic carbocycles. The second-order valence-electron chi connectivity index (χ2n) is 10.2. The summed E-state index contributed by atoms with van der Waals surface area (Å²) in [6, 6.07) is 16.9. The molecular weight excluding hydrogens is 415 g/mol. The summed E-state index contributed by atoms with van der Waals surface area (Å²) in [7, 11) is 1.85. The Kier molecular flexibility index (Phi) is 6.66. The molecule has 0 saturated carbocycles. The number of carbonyl (C=O) groups is 1. The number of hydrogen-bond acceptors (Lipinski definition) is 3. The molecule has 1 aliphatic heterocycles. The number of amides is 1. The first-order valence-electron chi connectivity index (χ1n) is 11.6. The minimum absolute atomic E-state index is 0.0648. The highest BCUT2D eigenvalue weighted by Gasteiger charge is 2.27. The maximum atomic E-state index is 13.5. The van der Waals surface area contributed by atoms with Gasteiger partial charge in [0.15, 0.2) is 0 Å². The Balaban J connectivity index is 1.62. The van der Waals surface area contributed by atoms with Crippen LogP contribution in [0.4, 0.5) is 4.39 Å². The Morgan fingerprint density at radius 2 is 1.79 bits per heavy atom. The maximum absolute atomic E-state index is 13.5. The Hall–Kier alpha value is -2.99. The van der Waals surface area contributed by atoms with Crippen LogP contribution in [0, 0.1) is 11.2 Å². The second-order valence-corrected chi connectivity index (χ2v) is 10.2. The van der Waals surface area contributed by atoms with Gasteiger partial charge in [0.2, 0.25) is 5.91 Å². The lowest BCUT2D eigenvalue weighted by atomic mass is 9.91. The molecule has 0 saturated heterocycles. The van der Waals surface area contributed by atoms with Crippen molar-refractivity contribution < 1.29 is 9.18 Å². The molecule has 174 valence electrons. The van der Waals surface area contributed by atoms with Gasteiger partial charge >= 0.3 is 0 Å². The minimum atomic E-state index is -0.262. The quantitative estimate of drug-likeness (QED) is 0.535. The molecule has 0 radical (unpaired) electrons. The van der Waals surface area contributed by atoms with Crippen LogP contribution in [-0.4, -0.2) is 39.1 Å². The van der Waals surface area contributed by atoms with E-state index in [-0.39, 0.29) is 17.1 Å². The molecule has 0 unspecified atom stereocenters. The third-order valence-corrected chi connectivity index (χ3v) is 6.03. The van der Waals surface area contributed by atoms with Gasteiger partial charge in [0.1, 0.15) is 5.82 Å². The predicted molar refractivity (Wildman–Crippen MR) is 128 cm³/mol. The summed E-state index contributed by atoms with van der Waals surface area (Å²) in [6.07, 6.45) is 1.34. The molecule has 2 aromatic carbocycles. The molecule has 0 bridgehead atoms. The third kappa shape index (κ3) is 5.69. The van der Waals surface area contributed by atoms with Crippen molar-refractivity contribution in [1.82, 2.24) is 19.6 Å². The Bertz CT molecular complexity index is 1100. The van der Waals surface area contributed by atoms with Gasteiger partial charge in [-0.05, 0) is 35.2 Å². The average molecular weight is 449 g/mol. The van der Waals surface area contributed by atoms with Gasteiger partial charge in [-0.2, -0.15) is 5.10 Å². The fraction of sp³-hybridized carbons (Fsp3) is 0.407. The molecule has 1 aromatic heterocycles. The first-order valence-corrected chi connectivity index (χ1v) is 11.6.